The molecule has 1 aromatic heterocycles. The molecule has 0 aliphatic rings. The number of fused-ring (bicyclic) bond motifs is 1. The number of aromatic amines is 2. The molecule has 148 valence electrons. The topological polar surface area (TPSA) is 124 Å². The monoisotopic (exact) mass is 402 g/mol. The number of aryl methyl sites for hydroxylation is 2. The highest BCUT2D eigenvalue weighted by atomic mass is 32.2. The number of carbonyl (C=O) groups excluding carboxylic acids is 1. The molecule has 0 bridgehead atoms. The molecule has 0 saturated heterocycles. The van der Waals surface area contributed by atoms with Crippen LogP contribution in [0.4, 0.5) is 11.4 Å². The van der Waals surface area contributed by atoms with E-state index in [0.717, 1.165) is 28.4 Å². The largest absolute Gasteiger partial charge is 0.326 e. The first-order chi connectivity index (χ1) is 13.2. The van der Waals surface area contributed by atoms with Crippen molar-refractivity contribution in [2.24, 2.45) is 0 Å². The zero-order valence-electron chi connectivity index (χ0n) is 15.6. The lowest BCUT2D eigenvalue weighted by atomic mass is 10.1. The van der Waals surface area contributed by atoms with Crippen LogP contribution < -0.4 is 15.7 Å². The maximum Gasteiger partial charge on any atom is 0.323 e. The summed E-state index contributed by atoms with van der Waals surface area (Å²) >= 11 is 0. The van der Waals surface area contributed by atoms with Crippen molar-refractivity contribution in [3.63, 3.8) is 0 Å². The first kappa shape index (κ1) is 19.7. The second kappa shape index (κ2) is 7.89. The third-order valence-corrected chi connectivity index (χ3v) is 4.86. The van der Waals surface area contributed by atoms with E-state index in [2.05, 4.69) is 20.0 Å². The standard InChI is InChI=1S/C19H22N4O4S/c1-12-6-8-14(11-16(12)23-28(2,26)27)20-18(24)5-3-4-13-7-9-15-17(10-13)22-19(25)21-15/h6-11,23H,3-5H2,1-2H3,(H,20,24)(H2,21,22,25). The Labute approximate surface area is 162 Å². The first-order valence-electron chi connectivity index (χ1n) is 8.79. The molecule has 28 heavy (non-hydrogen) atoms. The summed E-state index contributed by atoms with van der Waals surface area (Å²) in [5.74, 6) is -0.148. The van der Waals surface area contributed by atoms with Crippen molar-refractivity contribution in [2.75, 3.05) is 16.3 Å². The molecule has 8 nitrogen and oxygen atoms in total. The lowest BCUT2D eigenvalue weighted by Crippen LogP contribution is -2.13. The fourth-order valence-electron chi connectivity index (χ4n) is 2.92. The van der Waals surface area contributed by atoms with Gasteiger partial charge in [-0.15, -0.1) is 0 Å². The Morgan fingerprint density at radius 1 is 1.07 bits per heavy atom. The van der Waals surface area contributed by atoms with Gasteiger partial charge in [0, 0.05) is 12.1 Å². The molecular formula is C19H22N4O4S. The summed E-state index contributed by atoms with van der Waals surface area (Å²) < 4.78 is 25.3. The van der Waals surface area contributed by atoms with Crippen LogP contribution in [0, 0.1) is 6.92 Å². The predicted molar refractivity (Wildman–Crippen MR) is 110 cm³/mol. The van der Waals surface area contributed by atoms with Crippen molar-refractivity contribution in [3.05, 3.63) is 58.0 Å². The molecular weight excluding hydrogens is 380 g/mol. The van der Waals surface area contributed by atoms with Gasteiger partial charge >= 0.3 is 5.69 Å². The minimum atomic E-state index is -3.39. The molecule has 0 spiro atoms. The minimum Gasteiger partial charge on any atom is -0.326 e. The van der Waals surface area contributed by atoms with Gasteiger partial charge in [0.05, 0.1) is 23.0 Å². The number of benzene rings is 2. The van der Waals surface area contributed by atoms with Crippen LogP contribution in [0.3, 0.4) is 0 Å². The Bertz CT molecular complexity index is 1180. The fourth-order valence-corrected chi connectivity index (χ4v) is 3.54. The van der Waals surface area contributed by atoms with E-state index in [9.17, 15) is 18.0 Å². The van der Waals surface area contributed by atoms with Crippen LogP contribution >= 0.6 is 0 Å². The number of H-pyrrole nitrogens is 2. The van der Waals surface area contributed by atoms with Gasteiger partial charge in [-0.25, -0.2) is 13.2 Å². The van der Waals surface area contributed by atoms with Crippen molar-refractivity contribution in [3.8, 4) is 0 Å². The molecule has 0 atom stereocenters. The van der Waals surface area contributed by atoms with E-state index in [4.69, 9.17) is 0 Å². The van der Waals surface area contributed by atoms with Crippen LogP contribution in [0.2, 0.25) is 0 Å². The van der Waals surface area contributed by atoms with Crippen molar-refractivity contribution >= 4 is 38.3 Å². The fraction of sp³-hybridized carbons (Fsp3) is 0.263. The van der Waals surface area contributed by atoms with Crippen molar-refractivity contribution < 1.29 is 13.2 Å². The summed E-state index contributed by atoms with van der Waals surface area (Å²) in [6.07, 6.45) is 2.75. The number of aromatic nitrogens is 2. The lowest BCUT2D eigenvalue weighted by Gasteiger charge is -2.11. The van der Waals surface area contributed by atoms with E-state index in [1.807, 2.05) is 18.2 Å². The maximum absolute atomic E-state index is 12.2. The van der Waals surface area contributed by atoms with Gasteiger partial charge in [0.1, 0.15) is 0 Å². The zero-order chi connectivity index (χ0) is 20.3. The highest BCUT2D eigenvalue weighted by Crippen LogP contribution is 2.21. The number of rotatable bonds is 7. The maximum atomic E-state index is 12.2. The van der Waals surface area contributed by atoms with E-state index in [1.165, 1.54) is 0 Å². The number of nitrogens with one attached hydrogen (secondary N) is 4. The zero-order valence-corrected chi connectivity index (χ0v) is 16.4. The van der Waals surface area contributed by atoms with E-state index in [1.54, 1.807) is 25.1 Å². The summed E-state index contributed by atoms with van der Waals surface area (Å²) in [5, 5.41) is 2.79. The smallest absolute Gasteiger partial charge is 0.323 e. The van der Waals surface area contributed by atoms with Gasteiger partial charge in [-0.3, -0.25) is 9.52 Å². The SMILES string of the molecule is Cc1ccc(NC(=O)CCCc2ccc3[nH]c(=O)[nH]c3c2)cc1NS(C)(=O)=O. The molecule has 0 fully saturated rings. The second-order valence-corrected chi connectivity index (χ2v) is 8.51. The number of anilines is 2. The molecule has 2 aromatic carbocycles. The molecule has 9 heteroatoms. The molecule has 3 rings (SSSR count). The lowest BCUT2D eigenvalue weighted by molar-refractivity contribution is -0.116. The van der Waals surface area contributed by atoms with Crippen LogP contribution in [-0.2, 0) is 21.2 Å². The van der Waals surface area contributed by atoms with Crippen LogP contribution in [0.5, 0.6) is 0 Å². The normalized spacial score (nSPS) is 11.5. The molecule has 0 saturated carbocycles. The average Bonchev–Trinajstić information content (AvgIpc) is 2.96. The Morgan fingerprint density at radius 3 is 2.57 bits per heavy atom. The summed E-state index contributed by atoms with van der Waals surface area (Å²) in [6, 6.07) is 10.7. The summed E-state index contributed by atoms with van der Waals surface area (Å²) in [5.41, 5.74) is 4.03. The number of hydrogen-bond donors (Lipinski definition) is 4. The van der Waals surface area contributed by atoms with Crippen molar-refractivity contribution in [1.29, 1.82) is 0 Å². The molecule has 1 amide bonds. The van der Waals surface area contributed by atoms with Crippen LogP contribution in [-0.4, -0.2) is 30.5 Å². The van der Waals surface area contributed by atoms with Crippen molar-refractivity contribution in [2.45, 2.75) is 26.2 Å². The van der Waals surface area contributed by atoms with Gasteiger partial charge < -0.3 is 15.3 Å². The van der Waals surface area contributed by atoms with Crippen LogP contribution in [0.25, 0.3) is 11.0 Å². The third-order valence-electron chi connectivity index (χ3n) is 4.27. The summed E-state index contributed by atoms with van der Waals surface area (Å²) in [7, 11) is -3.39. The average molecular weight is 402 g/mol. The number of imidazole rings is 1. The Hall–Kier alpha value is -3.07. The number of sulfonamides is 1. The summed E-state index contributed by atoms with van der Waals surface area (Å²) in [4.78, 5) is 28.9. The Balaban J connectivity index is 1.56. The molecule has 0 aliphatic carbocycles. The second-order valence-electron chi connectivity index (χ2n) is 6.76. The van der Waals surface area contributed by atoms with Gasteiger partial charge in [0.15, 0.2) is 0 Å². The van der Waals surface area contributed by atoms with Gasteiger partial charge in [-0.2, -0.15) is 0 Å². The molecule has 1 heterocycles. The van der Waals surface area contributed by atoms with Crippen molar-refractivity contribution in [1.82, 2.24) is 9.97 Å². The molecule has 3 aromatic rings. The van der Waals surface area contributed by atoms with E-state index >= 15 is 0 Å². The summed E-state index contributed by atoms with van der Waals surface area (Å²) in [6.45, 7) is 1.79. The minimum absolute atomic E-state index is 0.148. The number of carbonyl (C=O) groups is 1. The van der Waals surface area contributed by atoms with E-state index < -0.39 is 10.0 Å². The molecule has 0 aliphatic heterocycles. The van der Waals surface area contributed by atoms with E-state index in [-0.39, 0.29) is 11.6 Å². The third kappa shape index (κ3) is 5.23. The predicted octanol–water partition coefficient (Wildman–Crippen LogP) is 2.50. The van der Waals surface area contributed by atoms with Gasteiger partial charge in [-0.05, 0) is 55.2 Å². The number of hydrogen-bond acceptors (Lipinski definition) is 4. The highest BCUT2D eigenvalue weighted by molar-refractivity contribution is 7.92. The van der Waals surface area contributed by atoms with Crippen LogP contribution in [0.15, 0.2) is 41.2 Å². The van der Waals surface area contributed by atoms with Gasteiger partial charge in [0.25, 0.3) is 0 Å². The highest BCUT2D eigenvalue weighted by Gasteiger charge is 2.09. The van der Waals surface area contributed by atoms with Gasteiger partial charge in [0.2, 0.25) is 15.9 Å². The molecule has 0 unspecified atom stereocenters. The quantitative estimate of drug-likeness (QED) is 0.485. The molecule has 0 radical (unpaired) electrons. The Kier molecular flexibility index (Phi) is 5.55. The van der Waals surface area contributed by atoms with E-state index in [0.29, 0.717) is 30.6 Å². The molecule has 4 N–H and O–H groups in total. The Morgan fingerprint density at radius 2 is 1.82 bits per heavy atom. The van der Waals surface area contributed by atoms with Gasteiger partial charge in [-0.1, -0.05) is 12.1 Å². The number of amides is 1. The first-order valence-corrected chi connectivity index (χ1v) is 10.7. The van der Waals surface area contributed by atoms with Crippen LogP contribution in [0.1, 0.15) is 24.0 Å².